The molecule has 0 aliphatic carbocycles. The normalized spacial score (nSPS) is 12.5. The summed E-state index contributed by atoms with van der Waals surface area (Å²) >= 11 is 0. The van der Waals surface area contributed by atoms with Gasteiger partial charge in [0.1, 0.15) is 5.76 Å². The Morgan fingerprint density at radius 1 is 1.06 bits per heavy atom. The highest BCUT2D eigenvalue weighted by Gasteiger charge is 2.23. The SMILES string of the molecule is CN[C@H](C(=O)NCc1ccc(-c2ccccc2S(=O)(=O)Nc2noc(C)c2C)cc1)C(C)C. The Hall–Kier alpha value is -3.17. The van der Waals surface area contributed by atoms with Gasteiger partial charge >= 0.3 is 0 Å². The van der Waals surface area contributed by atoms with Crippen molar-refractivity contribution in [3.8, 4) is 11.1 Å². The van der Waals surface area contributed by atoms with Crippen molar-refractivity contribution in [2.45, 2.75) is 45.2 Å². The van der Waals surface area contributed by atoms with E-state index in [4.69, 9.17) is 4.52 Å². The van der Waals surface area contributed by atoms with Gasteiger partial charge in [-0.15, -0.1) is 0 Å². The maximum Gasteiger partial charge on any atom is 0.263 e. The van der Waals surface area contributed by atoms with Crippen LogP contribution in [0.3, 0.4) is 0 Å². The minimum atomic E-state index is -3.89. The molecule has 0 saturated heterocycles. The molecule has 0 aliphatic heterocycles. The summed E-state index contributed by atoms with van der Waals surface area (Å²) in [5.74, 6) is 0.847. The molecule has 2 aromatic carbocycles. The van der Waals surface area contributed by atoms with Crippen LogP contribution in [0.5, 0.6) is 0 Å². The number of hydrogen-bond acceptors (Lipinski definition) is 6. The molecule has 9 heteroatoms. The lowest BCUT2D eigenvalue weighted by Crippen LogP contribution is -2.45. The fourth-order valence-corrected chi connectivity index (χ4v) is 4.79. The topological polar surface area (TPSA) is 113 Å². The summed E-state index contributed by atoms with van der Waals surface area (Å²) < 4.78 is 33.8. The van der Waals surface area contributed by atoms with Crippen LogP contribution in [0.2, 0.25) is 0 Å². The van der Waals surface area contributed by atoms with Crippen molar-refractivity contribution in [2.75, 3.05) is 11.8 Å². The van der Waals surface area contributed by atoms with Gasteiger partial charge in [-0.25, -0.2) is 8.42 Å². The highest BCUT2D eigenvalue weighted by Crippen LogP contribution is 2.29. The third-order valence-corrected chi connectivity index (χ3v) is 6.95. The van der Waals surface area contributed by atoms with E-state index < -0.39 is 10.0 Å². The smallest absolute Gasteiger partial charge is 0.263 e. The van der Waals surface area contributed by atoms with Crippen LogP contribution in [0, 0.1) is 19.8 Å². The first-order chi connectivity index (χ1) is 15.6. The number of nitrogens with one attached hydrogen (secondary N) is 3. The second-order valence-electron chi connectivity index (χ2n) is 8.24. The molecular formula is C24H30N4O4S. The second-order valence-corrected chi connectivity index (χ2v) is 9.89. The largest absolute Gasteiger partial charge is 0.359 e. The van der Waals surface area contributed by atoms with Crippen LogP contribution in [0.4, 0.5) is 5.82 Å². The third-order valence-electron chi connectivity index (χ3n) is 5.56. The molecule has 0 spiro atoms. The Morgan fingerprint density at radius 3 is 2.30 bits per heavy atom. The molecule has 8 nitrogen and oxygen atoms in total. The summed E-state index contributed by atoms with van der Waals surface area (Å²) in [5.41, 5.74) is 2.86. The lowest BCUT2D eigenvalue weighted by Gasteiger charge is -2.19. The van der Waals surface area contributed by atoms with Crippen LogP contribution in [0.1, 0.15) is 30.7 Å². The first-order valence-corrected chi connectivity index (χ1v) is 12.2. The minimum absolute atomic E-state index is 0.0579. The summed E-state index contributed by atoms with van der Waals surface area (Å²) in [6.07, 6.45) is 0. The van der Waals surface area contributed by atoms with E-state index in [1.807, 2.05) is 38.1 Å². The van der Waals surface area contributed by atoms with Crippen LogP contribution in [0.25, 0.3) is 11.1 Å². The highest BCUT2D eigenvalue weighted by atomic mass is 32.2. The van der Waals surface area contributed by atoms with Gasteiger partial charge in [0, 0.05) is 17.7 Å². The molecule has 0 unspecified atom stereocenters. The Labute approximate surface area is 194 Å². The number of aryl methyl sites for hydroxylation is 1. The van der Waals surface area contributed by atoms with Crippen molar-refractivity contribution >= 4 is 21.7 Å². The lowest BCUT2D eigenvalue weighted by atomic mass is 10.0. The maximum atomic E-state index is 13.1. The van der Waals surface area contributed by atoms with Crippen LogP contribution in [-0.2, 0) is 21.4 Å². The lowest BCUT2D eigenvalue weighted by molar-refractivity contribution is -0.124. The van der Waals surface area contributed by atoms with E-state index in [0.717, 1.165) is 11.1 Å². The summed E-state index contributed by atoms with van der Waals surface area (Å²) in [4.78, 5) is 12.5. The van der Waals surface area contributed by atoms with Crippen molar-refractivity contribution < 1.29 is 17.7 Å². The van der Waals surface area contributed by atoms with Crippen LogP contribution >= 0.6 is 0 Å². The van der Waals surface area contributed by atoms with Gasteiger partial charge in [-0.3, -0.25) is 9.52 Å². The molecule has 0 radical (unpaired) electrons. The molecular weight excluding hydrogens is 440 g/mol. The van der Waals surface area contributed by atoms with Gasteiger partial charge in [0.05, 0.1) is 10.9 Å². The van der Waals surface area contributed by atoms with E-state index in [9.17, 15) is 13.2 Å². The second kappa shape index (κ2) is 10.2. The zero-order chi connectivity index (χ0) is 24.2. The maximum absolute atomic E-state index is 13.1. The van der Waals surface area contributed by atoms with Crippen molar-refractivity contribution in [1.82, 2.24) is 15.8 Å². The molecule has 0 bridgehead atoms. The van der Waals surface area contributed by atoms with Gasteiger partial charge in [-0.2, -0.15) is 0 Å². The van der Waals surface area contributed by atoms with E-state index in [2.05, 4.69) is 20.5 Å². The van der Waals surface area contributed by atoms with Crippen molar-refractivity contribution in [3.05, 3.63) is 65.4 Å². The van der Waals surface area contributed by atoms with E-state index >= 15 is 0 Å². The summed E-state index contributed by atoms with van der Waals surface area (Å²) in [6.45, 7) is 7.82. The van der Waals surface area contributed by atoms with Gasteiger partial charge in [-0.05, 0) is 44.0 Å². The minimum Gasteiger partial charge on any atom is -0.359 e. The molecule has 0 aliphatic rings. The van der Waals surface area contributed by atoms with Gasteiger partial charge in [0.2, 0.25) is 5.91 Å². The molecule has 1 amide bonds. The van der Waals surface area contributed by atoms with E-state index in [1.54, 1.807) is 45.2 Å². The number of carbonyl (C=O) groups is 1. The van der Waals surface area contributed by atoms with E-state index in [-0.39, 0.29) is 28.6 Å². The van der Waals surface area contributed by atoms with Crippen molar-refractivity contribution in [2.24, 2.45) is 5.92 Å². The number of carbonyl (C=O) groups excluding carboxylic acids is 1. The molecule has 0 saturated carbocycles. The molecule has 1 heterocycles. The number of benzene rings is 2. The number of likely N-dealkylation sites (N-methyl/N-ethyl adjacent to an activating group) is 1. The molecule has 33 heavy (non-hydrogen) atoms. The van der Waals surface area contributed by atoms with E-state index in [0.29, 0.717) is 23.4 Å². The molecule has 3 aromatic rings. The Balaban J connectivity index is 1.80. The fraction of sp³-hybridized carbons (Fsp3) is 0.333. The number of amides is 1. The zero-order valence-electron chi connectivity index (χ0n) is 19.5. The van der Waals surface area contributed by atoms with Crippen LogP contribution < -0.4 is 15.4 Å². The first kappa shape index (κ1) is 24.5. The average Bonchev–Trinajstić information content (AvgIpc) is 3.10. The van der Waals surface area contributed by atoms with Crippen molar-refractivity contribution in [1.29, 1.82) is 0 Å². The molecule has 1 aromatic heterocycles. The average molecular weight is 471 g/mol. The number of anilines is 1. The number of aromatic nitrogens is 1. The molecule has 3 rings (SSSR count). The summed E-state index contributed by atoms with van der Waals surface area (Å²) in [6, 6.07) is 14.0. The Morgan fingerprint density at radius 2 is 1.73 bits per heavy atom. The van der Waals surface area contributed by atoms with Crippen molar-refractivity contribution in [3.63, 3.8) is 0 Å². The number of nitrogens with zero attached hydrogens (tertiary/aromatic N) is 1. The Kier molecular flexibility index (Phi) is 7.55. The monoisotopic (exact) mass is 470 g/mol. The molecule has 0 fully saturated rings. The van der Waals surface area contributed by atoms with Gasteiger partial charge in [-0.1, -0.05) is 61.5 Å². The highest BCUT2D eigenvalue weighted by molar-refractivity contribution is 7.92. The fourth-order valence-electron chi connectivity index (χ4n) is 3.50. The van der Waals surface area contributed by atoms with Gasteiger partial charge in [0.15, 0.2) is 5.82 Å². The third kappa shape index (κ3) is 5.61. The summed E-state index contributed by atoms with van der Waals surface area (Å²) in [7, 11) is -2.12. The zero-order valence-corrected chi connectivity index (χ0v) is 20.3. The van der Waals surface area contributed by atoms with Crippen LogP contribution in [-0.4, -0.2) is 32.6 Å². The summed E-state index contributed by atoms with van der Waals surface area (Å²) in [5, 5.41) is 9.76. The van der Waals surface area contributed by atoms with Gasteiger partial charge < -0.3 is 15.2 Å². The number of sulfonamides is 1. The standard InChI is InChI=1S/C24H30N4O4S/c1-15(2)22(25-5)24(29)26-14-18-10-12-19(13-11-18)20-8-6-7-9-21(20)33(30,31)28-23-16(3)17(4)32-27-23/h6-13,15,22,25H,14H2,1-5H3,(H,26,29)(H,27,28)/t22-/m0/s1. The van der Waals surface area contributed by atoms with Gasteiger partial charge in [0.25, 0.3) is 10.0 Å². The predicted molar refractivity (Wildman–Crippen MR) is 128 cm³/mol. The number of hydrogen-bond donors (Lipinski definition) is 3. The molecule has 3 N–H and O–H groups in total. The molecule has 176 valence electrons. The quantitative estimate of drug-likeness (QED) is 0.440. The first-order valence-electron chi connectivity index (χ1n) is 10.7. The Bertz CT molecular complexity index is 1220. The number of rotatable bonds is 9. The van der Waals surface area contributed by atoms with E-state index in [1.165, 1.54) is 0 Å². The van der Waals surface area contributed by atoms with Crippen LogP contribution in [0.15, 0.2) is 57.9 Å². The molecule has 1 atom stereocenters. The predicted octanol–water partition coefficient (Wildman–Crippen LogP) is 3.62.